The van der Waals surface area contributed by atoms with E-state index in [2.05, 4.69) is 4.90 Å². The van der Waals surface area contributed by atoms with E-state index >= 15 is 0 Å². The molecule has 0 radical (unpaired) electrons. The molecule has 0 unspecified atom stereocenters. The lowest BCUT2D eigenvalue weighted by atomic mass is 9.62. The van der Waals surface area contributed by atoms with Gasteiger partial charge in [-0.3, -0.25) is 9.69 Å². The maximum Gasteiger partial charge on any atom is 0.254 e. The molecule has 3 aliphatic carbocycles. The number of primary amides is 1. The number of likely N-dealkylation sites (tertiary alicyclic amines) is 1. The Morgan fingerprint density at radius 2 is 1.79 bits per heavy atom. The standard InChI is InChI=1S/C22H28F2N2O2.ClH/c1-28-21(14-5-2-4-13(8-14)20(25)27)15-6-3-7-16(21)12-26(11-15)17-9-18-19(10-17)22(18,23)24;/h2,4-5,8,15-19H,3,6-7,9-12H2,1H3,(H2,25,27);1H/t15-,16+,17-,18-,19+,21-;. The largest absolute Gasteiger partial charge is 0.373 e. The fourth-order valence-electron chi connectivity index (χ4n) is 6.69. The van der Waals surface area contributed by atoms with Gasteiger partial charge in [0.15, 0.2) is 0 Å². The second-order valence-corrected chi connectivity index (χ2v) is 9.23. The lowest BCUT2D eigenvalue weighted by Crippen LogP contribution is -2.60. The molecule has 29 heavy (non-hydrogen) atoms. The fourth-order valence-corrected chi connectivity index (χ4v) is 6.69. The van der Waals surface area contributed by atoms with Gasteiger partial charge >= 0.3 is 0 Å². The van der Waals surface area contributed by atoms with Crippen LogP contribution < -0.4 is 5.73 Å². The molecule has 1 aromatic carbocycles. The summed E-state index contributed by atoms with van der Waals surface area (Å²) >= 11 is 0. The van der Waals surface area contributed by atoms with Gasteiger partial charge in [-0.15, -0.1) is 12.4 Å². The topological polar surface area (TPSA) is 55.6 Å². The number of halogens is 3. The highest BCUT2D eigenvalue weighted by atomic mass is 35.5. The van der Waals surface area contributed by atoms with Gasteiger partial charge < -0.3 is 10.5 Å². The van der Waals surface area contributed by atoms with Gasteiger partial charge in [0, 0.05) is 55.5 Å². The van der Waals surface area contributed by atoms with Crippen LogP contribution in [0.25, 0.3) is 0 Å². The smallest absolute Gasteiger partial charge is 0.254 e. The number of carbonyl (C=O) groups excluding carboxylic acids is 1. The number of hydrogen-bond acceptors (Lipinski definition) is 3. The van der Waals surface area contributed by atoms with E-state index < -0.39 is 29.3 Å². The van der Waals surface area contributed by atoms with Crippen molar-refractivity contribution in [3.8, 4) is 0 Å². The SMILES string of the molecule is CO[C@]1(c2cccc(C(N)=O)c2)[C@@H]2CCC[C@H]1CN([C@@H]1C[C@@H]3[C@H](C1)C3(F)F)C2.Cl. The van der Waals surface area contributed by atoms with Crippen LogP contribution in [0.3, 0.4) is 0 Å². The van der Waals surface area contributed by atoms with Crippen LogP contribution in [0.4, 0.5) is 8.78 Å². The van der Waals surface area contributed by atoms with Gasteiger partial charge in [0.25, 0.3) is 5.92 Å². The molecule has 1 aliphatic heterocycles. The van der Waals surface area contributed by atoms with E-state index in [0.29, 0.717) is 30.2 Å². The summed E-state index contributed by atoms with van der Waals surface area (Å²) in [6.07, 6.45) is 4.54. The third-order valence-electron chi connectivity index (χ3n) is 8.10. The molecule has 4 fully saturated rings. The molecule has 1 heterocycles. The molecule has 5 rings (SSSR count). The molecule has 160 valence electrons. The van der Waals surface area contributed by atoms with Crippen LogP contribution in [0.15, 0.2) is 24.3 Å². The number of benzene rings is 1. The van der Waals surface area contributed by atoms with Crippen molar-refractivity contribution in [3.05, 3.63) is 35.4 Å². The summed E-state index contributed by atoms with van der Waals surface area (Å²) in [5, 5.41) is 0. The lowest BCUT2D eigenvalue weighted by molar-refractivity contribution is -0.175. The first-order valence-electron chi connectivity index (χ1n) is 10.4. The number of hydrogen-bond donors (Lipinski definition) is 1. The summed E-state index contributed by atoms with van der Waals surface area (Å²) < 4.78 is 33.5. The van der Waals surface area contributed by atoms with Crippen LogP contribution in [-0.2, 0) is 10.3 Å². The Kier molecular flexibility index (Phi) is 5.20. The minimum Gasteiger partial charge on any atom is -0.373 e. The molecular weight excluding hydrogens is 398 g/mol. The number of methoxy groups -OCH3 is 1. The lowest BCUT2D eigenvalue weighted by Gasteiger charge is -2.56. The van der Waals surface area contributed by atoms with Crippen molar-refractivity contribution >= 4 is 18.3 Å². The van der Waals surface area contributed by atoms with E-state index in [1.54, 1.807) is 13.2 Å². The van der Waals surface area contributed by atoms with Crippen LogP contribution in [0, 0.1) is 23.7 Å². The van der Waals surface area contributed by atoms with Gasteiger partial charge in [0.1, 0.15) is 5.60 Å². The van der Waals surface area contributed by atoms with Crippen LogP contribution in [-0.4, -0.2) is 43.0 Å². The van der Waals surface area contributed by atoms with E-state index in [0.717, 1.165) is 37.9 Å². The molecule has 0 aromatic heterocycles. The molecule has 4 aliphatic rings. The number of piperidine rings is 1. The summed E-state index contributed by atoms with van der Waals surface area (Å²) in [4.78, 5) is 14.2. The minimum atomic E-state index is -2.41. The van der Waals surface area contributed by atoms with Crippen molar-refractivity contribution in [2.45, 2.75) is 49.7 Å². The maximum atomic E-state index is 13.6. The molecule has 2 bridgehead atoms. The molecule has 0 spiro atoms. The van der Waals surface area contributed by atoms with Gasteiger partial charge in [-0.2, -0.15) is 0 Å². The van der Waals surface area contributed by atoms with Gasteiger partial charge in [-0.1, -0.05) is 18.6 Å². The van der Waals surface area contributed by atoms with Crippen molar-refractivity contribution in [1.82, 2.24) is 4.90 Å². The first-order valence-corrected chi connectivity index (χ1v) is 10.4. The number of carbonyl (C=O) groups is 1. The number of alkyl halides is 2. The first-order chi connectivity index (χ1) is 13.4. The molecule has 4 nitrogen and oxygen atoms in total. The van der Waals surface area contributed by atoms with Crippen LogP contribution in [0.2, 0.25) is 0 Å². The molecular formula is C22H29ClF2N2O2. The second-order valence-electron chi connectivity index (χ2n) is 9.23. The monoisotopic (exact) mass is 426 g/mol. The Balaban J connectivity index is 0.00000205. The Bertz CT molecular complexity index is 777. The van der Waals surface area contributed by atoms with E-state index in [4.69, 9.17) is 10.5 Å². The van der Waals surface area contributed by atoms with Crippen molar-refractivity contribution in [1.29, 1.82) is 0 Å². The zero-order valence-corrected chi connectivity index (χ0v) is 17.5. The molecule has 1 amide bonds. The van der Waals surface area contributed by atoms with Gasteiger partial charge in [-0.25, -0.2) is 8.78 Å². The number of nitrogens with zero attached hydrogens (tertiary/aromatic N) is 1. The fraction of sp³-hybridized carbons (Fsp3) is 0.682. The van der Waals surface area contributed by atoms with Gasteiger partial charge in [0.2, 0.25) is 5.91 Å². The van der Waals surface area contributed by atoms with Crippen molar-refractivity contribution < 1.29 is 18.3 Å². The van der Waals surface area contributed by atoms with E-state index in [9.17, 15) is 13.6 Å². The number of ether oxygens (including phenoxy) is 1. The zero-order chi connectivity index (χ0) is 19.7. The normalized spacial score (nSPS) is 40.0. The molecule has 1 saturated heterocycles. The average molecular weight is 427 g/mol. The summed E-state index contributed by atoms with van der Waals surface area (Å²) in [6.45, 7) is 1.75. The third-order valence-corrected chi connectivity index (χ3v) is 8.10. The van der Waals surface area contributed by atoms with Crippen molar-refractivity contribution in [3.63, 3.8) is 0 Å². The number of fused-ring (bicyclic) bond motifs is 3. The molecule has 1 aromatic rings. The highest BCUT2D eigenvalue weighted by molar-refractivity contribution is 5.92. The van der Waals surface area contributed by atoms with E-state index in [-0.39, 0.29) is 18.4 Å². The predicted octanol–water partition coefficient (Wildman–Crippen LogP) is 3.82. The Labute approximate surface area is 176 Å². The predicted molar refractivity (Wildman–Crippen MR) is 108 cm³/mol. The second kappa shape index (κ2) is 7.17. The maximum absolute atomic E-state index is 13.6. The average Bonchev–Trinajstić information content (AvgIpc) is 3.01. The molecule has 7 heteroatoms. The Morgan fingerprint density at radius 1 is 1.17 bits per heavy atom. The van der Waals surface area contributed by atoms with Crippen molar-refractivity contribution in [2.75, 3.05) is 20.2 Å². The van der Waals surface area contributed by atoms with Gasteiger partial charge in [-0.05, 0) is 43.4 Å². The van der Waals surface area contributed by atoms with Crippen LogP contribution >= 0.6 is 12.4 Å². The van der Waals surface area contributed by atoms with Crippen molar-refractivity contribution in [2.24, 2.45) is 29.4 Å². The number of nitrogens with two attached hydrogens (primary N) is 1. The quantitative estimate of drug-likeness (QED) is 0.796. The highest BCUT2D eigenvalue weighted by Crippen LogP contribution is 2.65. The number of amides is 1. The summed E-state index contributed by atoms with van der Waals surface area (Å²) in [7, 11) is 1.77. The molecule has 3 saturated carbocycles. The summed E-state index contributed by atoms with van der Waals surface area (Å²) in [5.74, 6) is -3.02. The van der Waals surface area contributed by atoms with Crippen LogP contribution in [0.1, 0.15) is 48.0 Å². The molecule has 2 N–H and O–H groups in total. The van der Waals surface area contributed by atoms with Gasteiger partial charge in [0.05, 0.1) is 0 Å². The first kappa shape index (κ1) is 21.0. The van der Waals surface area contributed by atoms with E-state index in [1.807, 2.05) is 18.2 Å². The zero-order valence-electron chi connectivity index (χ0n) is 16.7. The third kappa shape index (κ3) is 3.02. The highest BCUT2D eigenvalue weighted by Gasteiger charge is 2.72. The van der Waals surface area contributed by atoms with E-state index in [1.165, 1.54) is 0 Å². The molecule has 6 atom stereocenters. The Hall–Kier alpha value is -1.24. The van der Waals surface area contributed by atoms with Crippen LogP contribution in [0.5, 0.6) is 0 Å². The minimum absolute atomic E-state index is 0. The summed E-state index contributed by atoms with van der Waals surface area (Å²) in [6, 6.07) is 7.83. The summed E-state index contributed by atoms with van der Waals surface area (Å²) in [5.41, 5.74) is 6.62. The number of rotatable bonds is 4. The Morgan fingerprint density at radius 3 is 2.34 bits per heavy atom.